The molecule has 7 nitrogen and oxygen atoms in total. The van der Waals surface area contributed by atoms with Crippen molar-refractivity contribution >= 4 is 39.9 Å². The van der Waals surface area contributed by atoms with Gasteiger partial charge in [-0.3, -0.25) is 9.59 Å². The summed E-state index contributed by atoms with van der Waals surface area (Å²) >= 11 is 6.08. The van der Waals surface area contributed by atoms with Crippen LogP contribution in [0.2, 0.25) is 5.02 Å². The van der Waals surface area contributed by atoms with Crippen LogP contribution in [0.25, 0.3) is 10.9 Å². The van der Waals surface area contributed by atoms with Gasteiger partial charge in [-0.1, -0.05) is 11.6 Å². The van der Waals surface area contributed by atoms with E-state index in [1.54, 1.807) is 37.6 Å². The molecule has 1 amide bonds. The van der Waals surface area contributed by atoms with Crippen molar-refractivity contribution in [3.63, 3.8) is 0 Å². The van der Waals surface area contributed by atoms with Gasteiger partial charge in [-0.25, -0.2) is 4.98 Å². The molecule has 2 heterocycles. The number of anilines is 1. The van der Waals surface area contributed by atoms with Gasteiger partial charge in [0.05, 0.1) is 31.2 Å². The van der Waals surface area contributed by atoms with E-state index < -0.39 is 11.7 Å². The molecule has 1 N–H and O–H groups in total. The summed E-state index contributed by atoms with van der Waals surface area (Å²) < 4.78 is 11.9. The third-order valence-electron chi connectivity index (χ3n) is 4.03. The lowest BCUT2D eigenvalue weighted by atomic mass is 10.1. The maximum absolute atomic E-state index is 12.7. The molecule has 27 heavy (non-hydrogen) atoms. The Morgan fingerprint density at radius 2 is 2.04 bits per heavy atom. The highest BCUT2D eigenvalue weighted by Gasteiger charge is 2.22. The van der Waals surface area contributed by atoms with Gasteiger partial charge in [-0.2, -0.15) is 0 Å². The molecule has 3 rings (SSSR count). The van der Waals surface area contributed by atoms with Gasteiger partial charge in [0.15, 0.2) is 0 Å². The van der Waals surface area contributed by atoms with Crippen molar-refractivity contribution in [2.45, 2.75) is 6.54 Å². The number of nitrogens with zero attached hydrogens (tertiary/aromatic N) is 2. The van der Waals surface area contributed by atoms with E-state index in [4.69, 9.17) is 21.1 Å². The molecule has 0 fully saturated rings. The molecule has 1 aromatic carbocycles. The lowest BCUT2D eigenvalue weighted by Crippen LogP contribution is -2.22. The number of ketones is 1. The smallest absolute Gasteiger partial charge is 0.296 e. The fourth-order valence-electron chi connectivity index (χ4n) is 2.71. The van der Waals surface area contributed by atoms with Crippen molar-refractivity contribution in [3.05, 3.63) is 53.3 Å². The fourth-order valence-corrected chi connectivity index (χ4v) is 2.88. The van der Waals surface area contributed by atoms with E-state index in [9.17, 15) is 9.59 Å². The summed E-state index contributed by atoms with van der Waals surface area (Å²) in [5.41, 5.74) is 1.48. The van der Waals surface area contributed by atoms with Crippen LogP contribution in [0, 0.1) is 0 Å². The SMILES string of the molecule is COCCn1cc(C(=O)C(=O)Nc2ccc(OC)nc2)c2cc(Cl)ccc21. The van der Waals surface area contributed by atoms with Crippen molar-refractivity contribution in [1.29, 1.82) is 0 Å². The molecule has 3 aromatic rings. The average Bonchev–Trinajstić information content (AvgIpc) is 3.03. The minimum atomic E-state index is -0.757. The Labute approximate surface area is 160 Å². The number of nitrogens with one attached hydrogen (secondary N) is 1. The summed E-state index contributed by atoms with van der Waals surface area (Å²) in [4.78, 5) is 29.2. The molecule has 0 atom stereocenters. The lowest BCUT2D eigenvalue weighted by Gasteiger charge is -2.04. The minimum Gasteiger partial charge on any atom is -0.481 e. The van der Waals surface area contributed by atoms with Gasteiger partial charge in [0.2, 0.25) is 5.88 Å². The van der Waals surface area contributed by atoms with Gasteiger partial charge in [-0.15, -0.1) is 0 Å². The van der Waals surface area contributed by atoms with Crippen molar-refractivity contribution in [2.75, 3.05) is 26.1 Å². The molecular formula is C19H18ClN3O4. The van der Waals surface area contributed by atoms with Gasteiger partial charge in [0, 0.05) is 41.8 Å². The highest BCUT2D eigenvalue weighted by atomic mass is 35.5. The Morgan fingerprint density at radius 1 is 1.22 bits per heavy atom. The second-order valence-corrected chi connectivity index (χ2v) is 6.20. The van der Waals surface area contributed by atoms with Gasteiger partial charge in [-0.05, 0) is 24.3 Å². The summed E-state index contributed by atoms with van der Waals surface area (Å²) in [6, 6.07) is 8.43. The third-order valence-corrected chi connectivity index (χ3v) is 4.27. The quantitative estimate of drug-likeness (QED) is 0.497. The van der Waals surface area contributed by atoms with Gasteiger partial charge < -0.3 is 19.4 Å². The van der Waals surface area contributed by atoms with Crippen molar-refractivity contribution in [3.8, 4) is 5.88 Å². The summed E-state index contributed by atoms with van der Waals surface area (Å²) in [6.45, 7) is 1.02. The van der Waals surface area contributed by atoms with Crippen LogP contribution in [0.5, 0.6) is 5.88 Å². The Bertz CT molecular complexity index is 983. The molecule has 0 radical (unpaired) electrons. The number of rotatable bonds is 7. The Kier molecular flexibility index (Phi) is 5.73. The number of amides is 1. The first-order chi connectivity index (χ1) is 13.0. The molecule has 140 valence electrons. The van der Waals surface area contributed by atoms with Gasteiger partial charge >= 0.3 is 0 Å². The Morgan fingerprint density at radius 3 is 2.70 bits per heavy atom. The van der Waals surface area contributed by atoms with E-state index in [0.29, 0.717) is 35.1 Å². The zero-order valence-corrected chi connectivity index (χ0v) is 15.6. The normalized spacial score (nSPS) is 10.8. The summed E-state index contributed by atoms with van der Waals surface area (Å²) in [7, 11) is 3.10. The molecule has 0 spiro atoms. The molecule has 8 heteroatoms. The van der Waals surface area contributed by atoms with Gasteiger partial charge in [0.1, 0.15) is 0 Å². The molecule has 0 aliphatic rings. The molecule has 0 saturated carbocycles. The molecule has 2 aromatic heterocycles. The van der Waals surface area contributed by atoms with Crippen molar-refractivity contribution in [1.82, 2.24) is 9.55 Å². The standard InChI is InChI=1S/C19H18ClN3O4/c1-26-8-7-23-11-15(14-9-12(20)3-5-16(14)23)18(24)19(25)22-13-4-6-17(27-2)21-10-13/h3-6,9-11H,7-8H2,1-2H3,(H,22,25). The second kappa shape index (κ2) is 8.20. The first-order valence-corrected chi connectivity index (χ1v) is 8.54. The molecule has 0 unspecified atom stereocenters. The number of carbonyl (C=O) groups excluding carboxylic acids is 2. The first-order valence-electron chi connectivity index (χ1n) is 8.16. The van der Waals surface area contributed by atoms with Crippen LogP contribution >= 0.6 is 11.6 Å². The van der Waals surface area contributed by atoms with E-state index in [2.05, 4.69) is 10.3 Å². The molecule has 0 bridgehead atoms. The minimum absolute atomic E-state index is 0.280. The number of hydrogen-bond donors (Lipinski definition) is 1. The van der Waals surface area contributed by atoms with Crippen LogP contribution in [0.4, 0.5) is 5.69 Å². The fraction of sp³-hybridized carbons (Fsp3) is 0.211. The van der Waals surface area contributed by atoms with Crippen molar-refractivity contribution < 1.29 is 19.1 Å². The van der Waals surface area contributed by atoms with E-state index in [1.165, 1.54) is 13.3 Å². The van der Waals surface area contributed by atoms with Crippen LogP contribution in [-0.2, 0) is 16.1 Å². The number of fused-ring (bicyclic) bond motifs is 1. The summed E-state index contributed by atoms with van der Waals surface area (Å²) in [5.74, 6) is -1.00. The zero-order chi connectivity index (χ0) is 19.4. The first kappa shape index (κ1) is 18.9. The zero-order valence-electron chi connectivity index (χ0n) is 14.9. The monoisotopic (exact) mass is 387 g/mol. The number of ether oxygens (including phenoxy) is 2. The number of methoxy groups -OCH3 is 2. The van der Waals surface area contributed by atoms with Crippen LogP contribution in [0.3, 0.4) is 0 Å². The van der Waals surface area contributed by atoms with E-state index in [-0.39, 0.29) is 5.56 Å². The van der Waals surface area contributed by atoms with Crippen LogP contribution in [0.1, 0.15) is 10.4 Å². The second-order valence-electron chi connectivity index (χ2n) is 5.76. The topological polar surface area (TPSA) is 82.5 Å². The number of aromatic nitrogens is 2. The van der Waals surface area contributed by atoms with Gasteiger partial charge in [0.25, 0.3) is 11.7 Å². The lowest BCUT2D eigenvalue weighted by molar-refractivity contribution is -0.112. The number of carbonyl (C=O) groups is 2. The van der Waals surface area contributed by atoms with Crippen LogP contribution in [0.15, 0.2) is 42.7 Å². The predicted octanol–water partition coefficient (Wildman–Crippen LogP) is 3.17. The summed E-state index contributed by atoms with van der Waals surface area (Å²) in [5, 5.41) is 3.65. The largest absolute Gasteiger partial charge is 0.481 e. The average molecular weight is 388 g/mol. The van der Waals surface area contributed by atoms with Crippen molar-refractivity contribution in [2.24, 2.45) is 0 Å². The van der Waals surface area contributed by atoms with Crippen LogP contribution in [-0.4, -0.2) is 42.1 Å². The number of hydrogen-bond acceptors (Lipinski definition) is 5. The molecule has 0 aliphatic carbocycles. The number of Topliss-reactive ketones (excluding diaryl/α,β-unsaturated/α-hetero) is 1. The maximum atomic E-state index is 12.7. The number of pyridine rings is 1. The number of benzene rings is 1. The molecule has 0 saturated heterocycles. The maximum Gasteiger partial charge on any atom is 0.296 e. The van der Waals surface area contributed by atoms with Crippen LogP contribution < -0.4 is 10.1 Å². The molecule has 0 aliphatic heterocycles. The van der Waals surface area contributed by atoms with E-state index >= 15 is 0 Å². The van der Waals surface area contributed by atoms with E-state index in [1.807, 2.05) is 10.6 Å². The highest BCUT2D eigenvalue weighted by Crippen LogP contribution is 2.26. The molecular weight excluding hydrogens is 370 g/mol. The highest BCUT2D eigenvalue weighted by molar-refractivity contribution is 6.48. The number of halogens is 1. The summed E-state index contributed by atoms with van der Waals surface area (Å²) in [6.07, 6.45) is 3.07. The van der Waals surface area contributed by atoms with E-state index in [0.717, 1.165) is 5.52 Å². The Balaban J connectivity index is 1.89. The Hall–Kier alpha value is -2.90. The predicted molar refractivity (Wildman–Crippen MR) is 103 cm³/mol. The third kappa shape index (κ3) is 4.10.